The van der Waals surface area contributed by atoms with E-state index < -0.39 is 5.91 Å². The first-order valence-corrected chi connectivity index (χ1v) is 5.59. The Hall–Kier alpha value is -1.59. The number of benzene rings is 1. The van der Waals surface area contributed by atoms with Crippen LogP contribution in [0.1, 0.15) is 29.6 Å². The number of phenols is 1. The van der Waals surface area contributed by atoms with Crippen molar-refractivity contribution < 1.29 is 9.90 Å². The molecule has 2 rings (SSSR count). The van der Waals surface area contributed by atoms with Gasteiger partial charge < -0.3 is 22.3 Å². The average Bonchev–Trinajstić information content (AvgIpc) is 2.64. The molecule has 17 heavy (non-hydrogen) atoms. The molecule has 0 aliphatic heterocycles. The molecule has 0 radical (unpaired) electrons. The summed E-state index contributed by atoms with van der Waals surface area (Å²) in [6, 6.07) is 6.57. The Morgan fingerprint density at radius 2 is 1.59 bits per heavy atom. The highest BCUT2D eigenvalue weighted by Gasteiger charge is 2.16. The molecule has 1 aliphatic rings. The maximum absolute atomic E-state index is 10.5. The predicted molar refractivity (Wildman–Crippen MR) is 66.4 cm³/mol. The van der Waals surface area contributed by atoms with Gasteiger partial charge >= 0.3 is 0 Å². The van der Waals surface area contributed by atoms with Crippen LogP contribution >= 0.6 is 0 Å². The van der Waals surface area contributed by atoms with Crippen molar-refractivity contribution in [1.29, 1.82) is 0 Å². The lowest BCUT2D eigenvalue weighted by atomic mass is 10.2. The molecule has 0 saturated heterocycles. The maximum atomic E-state index is 10.5. The largest absolute Gasteiger partial charge is 0.508 e. The van der Waals surface area contributed by atoms with Crippen LogP contribution in [0, 0.1) is 0 Å². The summed E-state index contributed by atoms with van der Waals surface area (Å²) in [6.07, 6.45) is 3.28. The monoisotopic (exact) mass is 237 g/mol. The fourth-order valence-electron chi connectivity index (χ4n) is 1.68. The van der Waals surface area contributed by atoms with E-state index in [1.165, 1.54) is 24.3 Å². The molecule has 1 aromatic carbocycles. The van der Waals surface area contributed by atoms with Crippen molar-refractivity contribution in [1.82, 2.24) is 0 Å². The number of hydrogen-bond acceptors (Lipinski definition) is 4. The van der Waals surface area contributed by atoms with E-state index in [-0.39, 0.29) is 5.75 Å². The molecule has 1 saturated carbocycles. The highest BCUT2D eigenvalue weighted by atomic mass is 16.3. The summed E-state index contributed by atoms with van der Waals surface area (Å²) >= 11 is 0. The molecule has 1 aromatic rings. The molecule has 5 nitrogen and oxygen atoms in total. The molecule has 5 heteroatoms. The van der Waals surface area contributed by atoms with Crippen molar-refractivity contribution in [3.8, 4) is 5.75 Å². The third-order valence-corrected chi connectivity index (χ3v) is 2.67. The van der Waals surface area contributed by atoms with Gasteiger partial charge in [0.15, 0.2) is 0 Å². The molecule has 1 fully saturated rings. The second-order valence-electron chi connectivity index (χ2n) is 4.24. The Balaban J connectivity index is 0.000000181. The summed E-state index contributed by atoms with van der Waals surface area (Å²) in [6.45, 7) is 0. The van der Waals surface area contributed by atoms with E-state index >= 15 is 0 Å². The zero-order chi connectivity index (χ0) is 12.8. The van der Waals surface area contributed by atoms with Crippen molar-refractivity contribution in [3.05, 3.63) is 29.8 Å². The lowest BCUT2D eigenvalue weighted by Gasteiger charge is -1.97. The van der Waals surface area contributed by atoms with Crippen molar-refractivity contribution >= 4 is 5.91 Å². The van der Waals surface area contributed by atoms with Crippen molar-refractivity contribution in [2.24, 2.45) is 17.2 Å². The molecule has 7 N–H and O–H groups in total. The van der Waals surface area contributed by atoms with E-state index in [0.717, 1.165) is 19.3 Å². The Labute approximate surface area is 101 Å². The number of primary amides is 1. The van der Waals surface area contributed by atoms with E-state index in [1.807, 2.05) is 0 Å². The second kappa shape index (κ2) is 6.22. The van der Waals surface area contributed by atoms with E-state index in [1.54, 1.807) is 0 Å². The van der Waals surface area contributed by atoms with Gasteiger partial charge in [-0.1, -0.05) is 0 Å². The lowest BCUT2D eigenvalue weighted by Crippen LogP contribution is -2.20. The molecule has 0 heterocycles. The van der Waals surface area contributed by atoms with Crippen LogP contribution in [0.15, 0.2) is 24.3 Å². The van der Waals surface area contributed by atoms with E-state index in [9.17, 15) is 4.79 Å². The van der Waals surface area contributed by atoms with Gasteiger partial charge in [0.1, 0.15) is 5.75 Å². The summed E-state index contributed by atoms with van der Waals surface area (Å²) in [5.74, 6) is -0.356. The minimum absolute atomic E-state index is 0.130. The van der Waals surface area contributed by atoms with E-state index in [2.05, 4.69) is 0 Å². The summed E-state index contributed by atoms with van der Waals surface area (Å²) in [4.78, 5) is 10.5. The predicted octanol–water partition coefficient (Wildman–Crippen LogP) is 0.316. The fourth-order valence-corrected chi connectivity index (χ4v) is 1.68. The molecular weight excluding hydrogens is 218 g/mol. The van der Waals surface area contributed by atoms with Crippen LogP contribution < -0.4 is 17.2 Å². The van der Waals surface area contributed by atoms with Gasteiger partial charge in [0, 0.05) is 17.6 Å². The van der Waals surface area contributed by atoms with Crippen LogP contribution in [0.25, 0.3) is 0 Å². The number of rotatable bonds is 1. The Morgan fingerprint density at radius 3 is 1.88 bits per heavy atom. The quantitative estimate of drug-likeness (QED) is 0.562. The minimum Gasteiger partial charge on any atom is -0.508 e. The van der Waals surface area contributed by atoms with Gasteiger partial charge in [0.05, 0.1) is 0 Å². The minimum atomic E-state index is -0.486. The number of amides is 1. The first kappa shape index (κ1) is 13.5. The molecule has 0 aromatic heterocycles. The topological polar surface area (TPSA) is 115 Å². The molecule has 1 amide bonds. The molecule has 0 spiro atoms. The first-order chi connectivity index (χ1) is 7.99. The van der Waals surface area contributed by atoms with Gasteiger partial charge in [-0.05, 0) is 43.5 Å². The highest BCUT2D eigenvalue weighted by Crippen LogP contribution is 2.14. The third kappa shape index (κ3) is 4.84. The van der Waals surface area contributed by atoms with Crippen LogP contribution in [0.4, 0.5) is 0 Å². The van der Waals surface area contributed by atoms with E-state index in [0.29, 0.717) is 17.6 Å². The first-order valence-electron chi connectivity index (χ1n) is 5.59. The molecule has 2 atom stereocenters. The number of carbonyl (C=O) groups excluding carboxylic acids is 1. The maximum Gasteiger partial charge on any atom is 0.248 e. The van der Waals surface area contributed by atoms with Crippen LogP contribution in [0.2, 0.25) is 0 Å². The van der Waals surface area contributed by atoms with Gasteiger partial charge in [-0.15, -0.1) is 0 Å². The molecule has 1 aliphatic carbocycles. The number of hydrogen-bond donors (Lipinski definition) is 4. The normalized spacial score (nSPS) is 22.7. The van der Waals surface area contributed by atoms with Gasteiger partial charge in [0.2, 0.25) is 5.91 Å². The van der Waals surface area contributed by atoms with Gasteiger partial charge in [-0.25, -0.2) is 0 Å². The number of aromatic hydroxyl groups is 1. The highest BCUT2D eigenvalue weighted by molar-refractivity contribution is 5.92. The Morgan fingerprint density at radius 1 is 1.12 bits per heavy atom. The summed E-state index contributed by atoms with van der Waals surface area (Å²) in [7, 11) is 0. The SMILES string of the molecule is NC(=O)c1ccc(O)cc1.N[C@@H]1CC[C@H](N)C1. The Kier molecular flexibility index (Phi) is 4.93. The second-order valence-corrected chi connectivity index (χ2v) is 4.24. The Bertz CT molecular complexity index is 357. The van der Waals surface area contributed by atoms with Crippen LogP contribution in [-0.4, -0.2) is 23.1 Å². The lowest BCUT2D eigenvalue weighted by molar-refractivity contribution is 0.100. The number of carbonyl (C=O) groups is 1. The molecule has 0 bridgehead atoms. The van der Waals surface area contributed by atoms with Gasteiger partial charge in [-0.3, -0.25) is 4.79 Å². The molecule has 0 unspecified atom stereocenters. The van der Waals surface area contributed by atoms with Crippen LogP contribution in [0.5, 0.6) is 5.75 Å². The third-order valence-electron chi connectivity index (χ3n) is 2.67. The fraction of sp³-hybridized carbons (Fsp3) is 0.417. The van der Waals surface area contributed by atoms with Crippen LogP contribution in [-0.2, 0) is 0 Å². The summed E-state index contributed by atoms with van der Waals surface area (Å²) < 4.78 is 0. The van der Waals surface area contributed by atoms with Crippen molar-refractivity contribution in [3.63, 3.8) is 0 Å². The number of nitrogens with two attached hydrogens (primary N) is 3. The van der Waals surface area contributed by atoms with Gasteiger partial charge in [0.25, 0.3) is 0 Å². The standard InChI is InChI=1S/C7H7NO2.C5H12N2/c8-7(10)5-1-3-6(9)4-2-5;6-4-1-2-5(7)3-4/h1-4,9H,(H2,8,10);4-5H,1-3,6-7H2/t;4-,5+. The summed E-state index contributed by atoms with van der Waals surface area (Å²) in [5.41, 5.74) is 16.4. The van der Waals surface area contributed by atoms with Gasteiger partial charge in [-0.2, -0.15) is 0 Å². The summed E-state index contributed by atoms with van der Waals surface area (Å²) in [5, 5.41) is 8.79. The molecular formula is C12H19N3O2. The smallest absolute Gasteiger partial charge is 0.248 e. The van der Waals surface area contributed by atoms with Crippen molar-refractivity contribution in [2.45, 2.75) is 31.3 Å². The van der Waals surface area contributed by atoms with Crippen LogP contribution in [0.3, 0.4) is 0 Å². The molecule has 94 valence electrons. The average molecular weight is 237 g/mol. The van der Waals surface area contributed by atoms with Crippen molar-refractivity contribution in [2.75, 3.05) is 0 Å². The number of phenolic OH excluding ortho intramolecular Hbond substituents is 1. The zero-order valence-corrected chi connectivity index (χ0v) is 9.67. The van der Waals surface area contributed by atoms with E-state index in [4.69, 9.17) is 22.3 Å². The zero-order valence-electron chi connectivity index (χ0n) is 9.67.